The van der Waals surface area contributed by atoms with Crippen molar-refractivity contribution in [2.45, 2.75) is 13.3 Å². The SMILES string of the molecule is CC(=O)OO.N#CCC(=O)N(Br)Br. The summed E-state index contributed by atoms with van der Waals surface area (Å²) in [4.78, 5) is 22.8. The van der Waals surface area contributed by atoms with Crippen LogP contribution in [0.2, 0.25) is 0 Å². The molecule has 8 heteroatoms. The van der Waals surface area contributed by atoms with Gasteiger partial charge in [0.2, 0.25) is 0 Å². The molecule has 0 radical (unpaired) electrons. The average molecular weight is 318 g/mol. The number of halogens is 2. The Morgan fingerprint density at radius 3 is 2.08 bits per heavy atom. The van der Waals surface area contributed by atoms with Crippen molar-refractivity contribution < 1.29 is 19.7 Å². The fraction of sp³-hybridized carbons (Fsp3) is 0.400. The number of carbonyl (C=O) groups is 2. The fourth-order valence-corrected chi connectivity index (χ4v) is 0.378. The van der Waals surface area contributed by atoms with E-state index in [9.17, 15) is 9.59 Å². The standard InChI is InChI=1S/C3H2Br2N2O.C2H4O3/c4-7(5)3(8)1-2-6;1-2(3)5-4/h1H2;4H,1H3. The van der Waals surface area contributed by atoms with Gasteiger partial charge in [0.15, 0.2) is 0 Å². The van der Waals surface area contributed by atoms with Crippen molar-refractivity contribution >= 4 is 44.2 Å². The molecular formula is C5H6Br2N2O4. The minimum Gasteiger partial charge on any atom is -0.301 e. The van der Waals surface area contributed by atoms with Crippen LogP contribution < -0.4 is 0 Å². The molecule has 0 aliphatic rings. The summed E-state index contributed by atoms with van der Waals surface area (Å²) >= 11 is 5.58. The first-order valence-corrected chi connectivity index (χ1v) is 4.21. The summed E-state index contributed by atoms with van der Waals surface area (Å²) < 4.78 is 1.02. The van der Waals surface area contributed by atoms with E-state index in [4.69, 9.17) is 10.5 Å². The largest absolute Gasteiger partial charge is 0.339 e. The molecule has 0 aromatic heterocycles. The predicted molar refractivity (Wildman–Crippen MR) is 49.3 cm³/mol. The van der Waals surface area contributed by atoms with E-state index in [1.165, 1.54) is 0 Å². The highest BCUT2D eigenvalue weighted by molar-refractivity contribution is 9.21. The van der Waals surface area contributed by atoms with Gasteiger partial charge in [-0.1, -0.05) is 0 Å². The quantitative estimate of drug-likeness (QED) is 0.448. The maximum atomic E-state index is 10.4. The van der Waals surface area contributed by atoms with Gasteiger partial charge >= 0.3 is 5.97 Å². The van der Waals surface area contributed by atoms with Crippen LogP contribution in [0, 0.1) is 11.3 Å². The summed E-state index contributed by atoms with van der Waals surface area (Å²) in [6.07, 6.45) is -0.115. The topological polar surface area (TPSA) is 90.6 Å². The summed E-state index contributed by atoms with van der Waals surface area (Å²) in [5.41, 5.74) is 0. The van der Waals surface area contributed by atoms with E-state index in [2.05, 4.69) is 37.2 Å². The van der Waals surface area contributed by atoms with Crippen molar-refractivity contribution in [3.8, 4) is 6.07 Å². The molecule has 0 aromatic carbocycles. The smallest absolute Gasteiger partial charge is 0.301 e. The maximum absolute atomic E-state index is 10.4. The molecule has 0 saturated heterocycles. The third-order valence-corrected chi connectivity index (χ3v) is 1.34. The Kier molecular flexibility index (Phi) is 10.8. The third-order valence-electron chi connectivity index (χ3n) is 0.547. The van der Waals surface area contributed by atoms with Crippen molar-refractivity contribution in [1.29, 1.82) is 5.26 Å². The molecule has 0 bridgehead atoms. The third kappa shape index (κ3) is 14.2. The first kappa shape index (κ1) is 14.9. The first-order chi connectivity index (χ1) is 5.95. The molecule has 0 aliphatic heterocycles. The molecular weight excluding hydrogens is 312 g/mol. The van der Waals surface area contributed by atoms with Crippen molar-refractivity contribution in [1.82, 2.24) is 2.95 Å². The highest BCUT2D eigenvalue weighted by atomic mass is 79.9. The van der Waals surface area contributed by atoms with Gasteiger partial charge in [-0.15, -0.1) is 0 Å². The second-order valence-electron chi connectivity index (χ2n) is 1.54. The number of carbonyl (C=O) groups excluding carboxylic acids is 2. The van der Waals surface area contributed by atoms with Gasteiger partial charge in [-0.25, -0.2) is 7.75 Å². The highest BCUT2D eigenvalue weighted by Crippen LogP contribution is 2.06. The molecule has 1 N–H and O–H groups in total. The first-order valence-electron chi connectivity index (χ1n) is 2.79. The Bertz CT molecular complexity index is 213. The van der Waals surface area contributed by atoms with E-state index in [1.807, 2.05) is 0 Å². The molecule has 13 heavy (non-hydrogen) atoms. The molecule has 0 spiro atoms. The zero-order valence-corrected chi connectivity index (χ0v) is 9.70. The lowest BCUT2D eigenvalue weighted by Crippen LogP contribution is -2.07. The van der Waals surface area contributed by atoms with Crippen molar-refractivity contribution in [2.75, 3.05) is 0 Å². The van der Waals surface area contributed by atoms with E-state index in [0.29, 0.717) is 0 Å². The monoisotopic (exact) mass is 316 g/mol. The Hall–Kier alpha value is -0.650. The summed E-state index contributed by atoms with van der Waals surface area (Å²) in [5, 5.41) is 15.2. The van der Waals surface area contributed by atoms with E-state index in [1.54, 1.807) is 6.07 Å². The number of nitriles is 1. The minimum absolute atomic E-state index is 0.115. The Morgan fingerprint density at radius 1 is 1.62 bits per heavy atom. The minimum atomic E-state index is -0.690. The van der Waals surface area contributed by atoms with Gasteiger partial charge in [0.25, 0.3) is 5.91 Å². The zero-order chi connectivity index (χ0) is 10.9. The molecule has 6 nitrogen and oxygen atoms in total. The van der Waals surface area contributed by atoms with E-state index in [0.717, 1.165) is 9.88 Å². The van der Waals surface area contributed by atoms with Gasteiger partial charge in [0.05, 0.1) is 38.4 Å². The molecule has 0 heterocycles. The fourth-order valence-electron chi connectivity index (χ4n) is 0.127. The van der Waals surface area contributed by atoms with Crippen LogP contribution in [0.5, 0.6) is 0 Å². The van der Waals surface area contributed by atoms with E-state index in [-0.39, 0.29) is 12.3 Å². The van der Waals surface area contributed by atoms with Crippen molar-refractivity contribution in [3.63, 3.8) is 0 Å². The van der Waals surface area contributed by atoms with Crippen LogP contribution in [0.3, 0.4) is 0 Å². The zero-order valence-electron chi connectivity index (χ0n) is 6.53. The summed E-state index contributed by atoms with van der Waals surface area (Å²) in [6, 6.07) is 1.70. The van der Waals surface area contributed by atoms with Crippen LogP contribution in [0.15, 0.2) is 0 Å². The molecule has 1 amide bonds. The Morgan fingerprint density at radius 2 is 2.00 bits per heavy atom. The normalized spacial score (nSPS) is 7.31. The van der Waals surface area contributed by atoms with Crippen LogP contribution in [0.25, 0.3) is 0 Å². The second kappa shape index (κ2) is 9.44. The van der Waals surface area contributed by atoms with Crippen LogP contribution in [0.1, 0.15) is 13.3 Å². The van der Waals surface area contributed by atoms with E-state index < -0.39 is 5.97 Å². The average Bonchev–Trinajstić information content (AvgIpc) is 2.06. The van der Waals surface area contributed by atoms with Gasteiger partial charge in [0.1, 0.15) is 6.42 Å². The summed E-state index contributed by atoms with van der Waals surface area (Å²) in [5.74, 6) is -1.00. The molecule has 74 valence electrons. The van der Waals surface area contributed by atoms with Gasteiger partial charge < -0.3 is 4.89 Å². The van der Waals surface area contributed by atoms with Gasteiger partial charge in [-0.3, -0.25) is 4.79 Å². The molecule has 0 rings (SSSR count). The van der Waals surface area contributed by atoms with Crippen molar-refractivity contribution in [3.05, 3.63) is 0 Å². The second-order valence-corrected chi connectivity index (χ2v) is 3.91. The number of rotatable bonds is 1. The number of nitrogens with zero attached hydrogens (tertiary/aromatic N) is 2. The molecule has 0 fully saturated rings. The molecule has 0 aromatic rings. The maximum Gasteiger partial charge on any atom is 0.339 e. The Labute approximate surface area is 91.7 Å². The summed E-state index contributed by atoms with van der Waals surface area (Å²) in [7, 11) is 0. The van der Waals surface area contributed by atoms with Gasteiger partial charge in [-0.05, 0) is 0 Å². The van der Waals surface area contributed by atoms with Crippen LogP contribution in [0.4, 0.5) is 0 Å². The lowest BCUT2D eigenvalue weighted by atomic mass is 10.5. The lowest BCUT2D eigenvalue weighted by molar-refractivity contribution is -0.231. The number of hydrogen-bond donors (Lipinski definition) is 1. The molecule has 0 unspecified atom stereocenters. The number of amides is 1. The van der Waals surface area contributed by atoms with Crippen molar-refractivity contribution in [2.24, 2.45) is 0 Å². The van der Waals surface area contributed by atoms with Gasteiger partial charge in [0, 0.05) is 6.92 Å². The predicted octanol–water partition coefficient (Wildman–Crippen LogP) is 1.37. The van der Waals surface area contributed by atoms with Gasteiger partial charge in [-0.2, -0.15) is 10.5 Å². The summed E-state index contributed by atoms with van der Waals surface area (Å²) in [6.45, 7) is 1.11. The van der Waals surface area contributed by atoms with Crippen LogP contribution in [-0.2, 0) is 14.5 Å². The van der Waals surface area contributed by atoms with E-state index >= 15 is 0 Å². The molecule has 0 atom stereocenters. The lowest BCUT2D eigenvalue weighted by Gasteiger charge is -1.97. The van der Waals surface area contributed by atoms with Crippen LogP contribution in [-0.4, -0.2) is 20.1 Å². The highest BCUT2D eigenvalue weighted by Gasteiger charge is 2.03. The molecule has 0 aliphatic carbocycles. The number of hydrogen-bond acceptors (Lipinski definition) is 5. The Balaban J connectivity index is 0. The molecule has 0 saturated carbocycles. The van der Waals surface area contributed by atoms with Crippen LogP contribution >= 0.6 is 32.3 Å².